The van der Waals surface area contributed by atoms with Crippen LogP contribution in [0.1, 0.15) is 0 Å². The summed E-state index contributed by atoms with van der Waals surface area (Å²) in [5.74, 6) is 1.75. The molecule has 6 heteroatoms. The average molecular weight is 765 g/mol. The number of hydrogen-bond acceptors (Lipinski definition) is 3. The van der Waals surface area contributed by atoms with Crippen LogP contribution in [0, 0.1) is 0 Å². The van der Waals surface area contributed by atoms with Crippen molar-refractivity contribution in [3.05, 3.63) is 200 Å². The molecule has 0 N–H and O–H groups in total. The minimum atomic E-state index is -0.0562. The van der Waals surface area contributed by atoms with Crippen LogP contribution < -0.4 is 30.9 Å². The number of aromatic nitrogens is 2. The molecule has 0 amide bonds. The number of para-hydroxylation sites is 6. The van der Waals surface area contributed by atoms with Gasteiger partial charge in [-0.15, -0.1) is 0 Å². The maximum atomic E-state index is 7.46. The second kappa shape index (κ2) is 11.8. The zero-order chi connectivity index (χ0) is 39.1. The van der Waals surface area contributed by atoms with E-state index in [2.05, 4.69) is 219 Å². The molecular weight excluding hydrogens is 731 g/mol. The summed E-state index contributed by atoms with van der Waals surface area (Å²) < 4.78 is 12.3. The molecule has 0 bridgehead atoms. The standard InChI is InChI=1S/C54H33BN4O/c1-3-16-34(17-4-1)56-46-28-15-29-47-52(46)55-53-48(56)30-36(58-42-24-11-7-20-38(42)39-21-8-12-25-43(39)58)32-50(53)60-51-33-37(31-49(54(51)55)57(47)35-18-5-2-6-19-35)59-44-26-13-9-22-40(44)41-23-10-14-27-45(41)59/h1-33H. The fourth-order valence-electron chi connectivity index (χ4n) is 10.7. The number of fused-ring (bicyclic) bond motifs is 6. The van der Waals surface area contributed by atoms with Gasteiger partial charge in [-0.2, -0.15) is 0 Å². The minimum Gasteiger partial charge on any atom is -0.458 e. The molecule has 2 aromatic heterocycles. The van der Waals surface area contributed by atoms with Gasteiger partial charge in [0, 0.05) is 67.8 Å². The predicted molar refractivity (Wildman–Crippen MR) is 249 cm³/mol. The van der Waals surface area contributed by atoms with Crippen molar-refractivity contribution < 1.29 is 4.74 Å². The topological polar surface area (TPSA) is 25.6 Å². The van der Waals surface area contributed by atoms with Crippen LogP contribution in [0.15, 0.2) is 200 Å². The Bertz CT molecular complexity index is 3270. The third kappa shape index (κ3) is 4.16. The van der Waals surface area contributed by atoms with E-state index >= 15 is 0 Å². The SMILES string of the molecule is c1ccc(N2c3cc(-n4c5ccccc5c5ccccc54)cc4c3B3c5c(cc(-n6c7ccccc7c7ccccc76)cc5N(c5ccccc5)c5cccc2c53)O4)cc1. The van der Waals surface area contributed by atoms with Crippen LogP contribution >= 0.6 is 0 Å². The Labute approximate surface area is 346 Å². The summed E-state index contributed by atoms with van der Waals surface area (Å²) in [5.41, 5.74) is 17.3. The van der Waals surface area contributed by atoms with E-state index in [0.29, 0.717) is 0 Å². The van der Waals surface area contributed by atoms with Crippen molar-refractivity contribution in [2.24, 2.45) is 0 Å². The van der Waals surface area contributed by atoms with Gasteiger partial charge in [0.1, 0.15) is 11.5 Å². The molecule has 0 fully saturated rings. The van der Waals surface area contributed by atoms with Gasteiger partial charge in [0.05, 0.1) is 33.4 Å². The second-order valence-corrected chi connectivity index (χ2v) is 16.1. The molecule has 3 aliphatic heterocycles. The van der Waals surface area contributed by atoms with E-state index in [9.17, 15) is 0 Å². The first-order valence-electron chi connectivity index (χ1n) is 20.6. The Kier molecular flexibility index (Phi) is 6.31. The van der Waals surface area contributed by atoms with Crippen molar-refractivity contribution in [1.29, 1.82) is 0 Å². The van der Waals surface area contributed by atoms with Crippen molar-refractivity contribution in [2.45, 2.75) is 0 Å². The van der Waals surface area contributed by atoms with Gasteiger partial charge in [-0.05, 0) is 89.2 Å². The lowest BCUT2D eigenvalue weighted by atomic mass is 9.32. The number of nitrogens with zero attached hydrogens (tertiary/aromatic N) is 4. The van der Waals surface area contributed by atoms with E-state index in [4.69, 9.17) is 4.74 Å². The van der Waals surface area contributed by atoms with Crippen LogP contribution in [-0.2, 0) is 0 Å². The lowest BCUT2D eigenvalue weighted by Gasteiger charge is -2.46. The maximum absolute atomic E-state index is 7.46. The summed E-state index contributed by atoms with van der Waals surface area (Å²) in [5, 5.41) is 4.92. The van der Waals surface area contributed by atoms with E-state index in [1.807, 2.05) is 0 Å². The van der Waals surface area contributed by atoms with Crippen molar-refractivity contribution in [1.82, 2.24) is 9.13 Å². The largest absolute Gasteiger partial charge is 0.458 e. The molecule has 0 radical (unpaired) electrons. The average Bonchev–Trinajstić information content (AvgIpc) is 3.83. The summed E-state index contributed by atoms with van der Waals surface area (Å²) in [6.45, 7) is -0.0562. The zero-order valence-electron chi connectivity index (χ0n) is 32.3. The smallest absolute Gasteiger partial charge is 0.261 e. The maximum Gasteiger partial charge on any atom is 0.261 e. The number of rotatable bonds is 4. The van der Waals surface area contributed by atoms with Crippen LogP contribution in [0.5, 0.6) is 11.5 Å². The van der Waals surface area contributed by atoms with E-state index in [-0.39, 0.29) is 6.71 Å². The number of benzene rings is 9. The lowest BCUT2D eigenvalue weighted by molar-refractivity contribution is 0.487. The molecule has 0 atom stereocenters. The third-order valence-corrected chi connectivity index (χ3v) is 13.0. The highest BCUT2D eigenvalue weighted by molar-refractivity contribution is 7.01. The Morgan fingerprint density at radius 3 is 1.07 bits per heavy atom. The molecule has 0 saturated carbocycles. The number of hydrogen-bond donors (Lipinski definition) is 0. The normalized spacial score (nSPS) is 13.4. The van der Waals surface area contributed by atoms with Gasteiger partial charge in [0.15, 0.2) is 0 Å². The molecule has 5 heterocycles. The highest BCUT2D eigenvalue weighted by atomic mass is 16.5. The fraction of sp³-hybridized carbons (Fsp3) is 0. The highest BCUT2D eigenvalue weighted by Crippen LogP contribution is 2.50. The van der Waals surface area contributed by atoms with Gasteiger partial charge in [0.25, 0.3) is 6.71 Å². The molecule has 0 spiro atoms. The van der Waals surface area contributed by atoms with Crippen molar-refractivity contribution in [2.75, 3.05) is 9.80 Å². The Morgan fingerprint density at radius 2 is 0.667 bits per heavy atom. The molecule has 60 heavy (non-hydrogen) atoms. The number of ether oxygens (including phenoxy) is 1. The second-order valence-electron chi connectivity index (χ2n) is 16.1. The van der Waals surface area contributed by atoms with Crippen LogP contribution in [0.25, 0.3) is 55.0 Å². The van der Waals surface area contributed by atoms with Gasteiger partial charge in [-0.1, -0.05) is 115 Å². The third-order valence-electron chi connectivity index (χ3n) is 13.0. The van der Waals surface area contributed by atoms with Crippen molar-refractivity contribution in [3.8, 4) is 22.9 Å². The summed E-state index contributed by atoms with van der Waals surface area (Å²) in [6, 6.07) is 72.8. The van der Waals surface area contributed by atoms with E-state index < -0.39 is 0 Å². The monoisotopic (exact) mass is 764 g/mol. The molecule has 0 unspecified atom stereocenters. The van der Waals surface area contributed by atoms with E-state index in [1.165, 1.54) is 71.4 Å². The molecule has 0 aliphatic carbocycles. The van der Waals surface area contributed by atoms with Gasteiger partial charge < -0.3 is 23.7 Å². The van der Waals surface area contributed by atoms with Gasteiger partial charge in [-0.25, -0.2) is 0 Å². The Hall–Kier alpha value is -7.96. The van der Waals surface area contributed by atoms with Crippen molar-refractivity contribution in [3.63, 3.8) is 0 Å². The van der Waals surface area contributed by atoms with Crippen LogP contribution in [0.4, 0.5) is 34.1 Å². The molecule has 14 rings (SSSR count). The first-order valence-corrected chi connectivity index (χ1v) is 20.6. The van der Waals surface area contributed by atoms with E-state index in [1.54, 1.807) is 0 Å². The Balaban J connectivity index is 1.11. The quantitative estimate of drug-likeness (QED) is 0.167. The van der Waals surface area contributed by atoms with Crippen LogP contribution in [-0.4, -0.2) is 15.8 Å². The number of anilines is 6. The first-order chi connectivity index (χ1) is 29.8. The van der Waals surface area contributed by atoms with Crippen LogP contribution in [0.3, 0.4) is 0 Å². The molecule has 278 valence electrons. The molecular formula is C54H33BN4O. The van der Waals surface area contributed by atoms with Gasteiger partial charge >= 0.3 is 0 Å². The molecule has 3 aliphatic rings. The van der Waals surface area contributed by atoms with Gasteiger partial charge in [-0.3, -0.25) is 0 Å². The van der Waals surface area contributed by atoms with Crippen molar-refractivity contribution >= 4 is 101 Å². The van der Waals surface area contributed by atoms with Crippen LogP contribution in [0.2, 0.25) is 0 Å². The first kappa shape index (κ1) is 32.1. The Morgan fingerprint density at radius 1 is 0.300 bits per heavy atom. The summed E-state index contributed by atoms with van der Waals surface area (Å²) in [4.78, 5) is 4.92. The molecule has 5 nitrogen and oxygen atoms in total. The highest BCUT2D eigenvalue weighted by Gasteiger charge is 2.49. The minimum absolute atomic E-state index is 0.0562. The molecule has 0 saturated heterocycles. The zero-order valence-corrected chi connectivity index (χ0v) is 32.3. The molecule has 11 aromatic rings. The molecule has 9 aromatic carbocycles. The lowest BCUT2D eigenvalue weighted by Crippen LogP contribution is -2.63. The summed E-state index contributed by atoms with van der Waals surface area (Å²) >= 11 is 0. The summed E-state index contributed by atoms with van der Waals surface area (Å²) in [6.07, 6.45) is 0. The predicted octanol–water partition coefficient (Wildman–Crippen LogP) is 12.1. The summed E-state index contributed by atoms with van der Waals surface area (Å²) in [7, 11) is 0. The van der Waals surface area contributed by atoms with Gasteiger partial charge in [0.2, 0.25) is 0 Å². The van der Waals surface area contributed by atoms with E-state index in [0.717, 1.165) is 45.6 Å². The fourth-order valence-corrected chi connectivity index (χ4v) is 10.7.